The van der Waals surface area contributed by atoms with E-state index in [0.717, 1.165) is 6.26 Å². The first kappa shape index (κ1) is 14.8. The van der Waals surface area contributed by atoms with Crippen molar-refractivity contribution in [3.8, 4) is 0 Å². The van der Waals surface area contributed by atoms with Gasteiger partial charge in [-0.2, -0.15) is 0 Å². The number of hydrogen-bond acceptors (Lipinski definition) is 5. The summed E-state index contributed by atoms with van der Waals surface area (Å²) in [6.45, 7) is 0.0343. The lowest BCUT2D eigenvalue weighted by atomic mass is 10.2. The van der Waals surface area contributed by atoms with Gasteiger partial charge in [0.05, 0.1) is 22.9 Å². The Balaban J connectivity index is 2.51. The lowest BCUT2D eigenvalue weighted by molar-refractivity contribution is 0.0506. The highest BCUT2D eigenvalue weighted by Gasteiger charge is 2.12. The molecule has 1 aromatic rings. The van der Waals surface area contributed by atoms with Crippen LogP contribution in [0.25, 0.3) is 0 Å². The van der Waals surface area contributed by atoms with Crippen LogP contribution in [-0.4, -0.2) is 33.0 Å². The quantitative estimate of drug-likeness (QED) is 0.505. The van der Waals surface area contributed by atoms with Gasteiger partial charge in [-0.15, -0.1) is 0 Å². The lowest BCUT2D eigenvalue weighted by Crippen LogP contribution is -2.11. The molecule has 1 aromatic carbocycles. The van der Waals surface area contributed by atoms with E-state index in [-0.39, 0.29) is 29.4 Å². The van der Waals surface area contributed by atoms with Crippen molar-refractivity contribution < 1.29 is 17.9 Å². The smallest absolute Gasteiger partial charge is 0.339 e. The van der Waals surface area contributed by atoms with Crippen molar-refractivity contribution in [1.29, 1.82) is 0 Å². The second kappa shape index (κ2) is 6.06. The van der Waals surface area contributed by atoms with Crippen LogP contribution in [0, 0.1) is 0 Å². The molecule has 0 bridgehead atoms. The van der Waals surface area contributed by atoms with E-state index in [1.807, 2.05) is 0 Å². The molecule has 5 nitrogen and oxygen atoms in total. The molecule has 0 unspecified atom stereocenters. The van der Waals surface area contributed by atoms with Crippen LogP contribution in [0.1, 0.15) is 16.8 Å². The van der Waals surface area contributed by atoms with E-state index in [2.05, 4.69) is 0 Å². The summed E-state index contributed by atoms with van der Waals surface area (Å²) in [5, 5.41) is 0.211. The predicted octanol–water partition coefficient (Wildman–Crippen LogP) is 1.51. The van der Waals surface area contributed by atoms with E-state index in [4.69, 9.17) is 22.1 Å². The number of rotatable bonds is 5. The maximum Gasteiger partial charge on any atom is 0.339 e. The topological polar surface area (TPSA) is 86.5 Å². The molecule has 0 heterocycles. The standard InChI is InChI=1S/C11H14ClNO4S/c1-18(15,16)6-2-5-17-11(14)9-4-3-8(13)7-10(9)12/h3-4,7H,2,5-6,13H2,1H3. The van der Waals surface area contributed by atoms with Gasteiger partial charge in [0.1, 0.15) is 9.84 Å². The SMILES string of the molecule is CS(=O)(=O)CCCOC(=O)c1ccc(N)cc1Cl. The van der Waals surface area contributed by atoms with Crippen LogP contribution in [0.5, 0.6) is 0 Å². The minimum Gasteiger partial charge on any atom is -0.462 e. The number of hydrogen-bond donors (Lipinski definition) is 1. The molecule has 0 saturated heterocycles. The molecule has 2 N–H and O–H groups in total. The van der Waals surface area contributed by atoms with Gasteiger partial charge in [0.25, 0.3) is 0 Å². The van der Waals surface area contributed by atoms with Gasteiger partial charge in [-0.05, 0) is 24.6 Å². The first-order valence-corrected chi connectivity index (χ1v) is 7.63. The Bertz CT molecular complexity index is 542. The Kier molecular flexibility index (Phi) is 4.98. The van der Waals surface area contributed by atoms with Crippen LogP contribution in [0.3, 0.4) is 0 Å². The molecule has 0 spiro atoms. The Morgan fingerprint density at radius 2 is 2.11 bits per heavy atom. The van der Waals surface area contributed by atoms with Crippen molar-refractivity contribution in [3.63, 3.8) is 0 Å². The van der Waals surface area contributed by atoms with Crippen molar-refractivity contribution >= 4 is 33.1 Å². The molecule has 0 atom stereocenters. The number of nitrogen functional groups attached to an aromatic ring is 1. The highest BCUT2D eigenvalue weighted by Crippen LogP contribution is 2.19. The summed E-state index contributed by atoms with van der Waals surface area (Å²) in [4.78, 5) is 11.6. The Hall–Kier alpha value is -1.27. The Morgan fingerprint density at radius 1 is 1.44 bits per heavy atom. The van der Waals surface area contributed by atoms with E-state index in [9.17, 15) is 13.2 Å². The maximum absolute atomic E-state index is 11.6. The summed E-state index contributed by atoms with van der Waals surface area (Å²) in [5.74, 6) is -0.607. The first-order valence-electron chi connectivity index (χ1n) is 5.19. The Morgan fingerprint density at radius 3 is 2.67 bits per heavy atom. The second-order valence-electron chi connectivity index (χ2n) is 3.86. The molecule has 1 rings (SSSR count). The van der Waals surface area contributed by atoms with E-state index in [1.165, 1.54) is 12.1 Å². The first-order chi connectivity index (χ1) is 8.29. The summed E-state index contributed by atoms with van der Waals surface area (Å²) >= 11 is 5.83. The van der Waals surface area contributed by atoms with Crippen molar-refractivity contribution in [2.24, 2.45) is 0 Å². The van der Waals surface area contributed by atoms with E-state index in [0.29, 0.717) is 5.69 Å². The number of halogens is 1. The molecule has 18 heavy (non-hydrogen) atoms. The van der Waals surface area contributed by atoms with Crippen LogP contribution in [-0.2, 0) is 14.6 Å². The van der Waals surface area contributed by atoms with Crippen LogP contribution < -0.4 is 5.73 Å². The molecule has 0 saturated carbocycles. The zero-order valence-corrected chi connectivity index (χ0v) is 11.4. The number of carbonyl (C=O) groups is 1. The summed E-state index contributed by atoms with van der Waals surface area (Å²) in [5.41, 5.74) is 6.16. The van der Waals surface area contributed by atoms with Crippen molar-refractivity contribution in [3.05, 3.63) is 28.8 Å². The van der Waals surface area contributed by atoms with Gasteiger partial charge >= 0.3 is 5.97 Å². The Labute approximate surface area is 111 Å². The number of anilines is 1. The minimum absolute atomic E-state index is 0.0181. The molecule has 0 aliphatic carbocycles. The molecule has 0 aromatic heterocycles. The maximum atomic E-state index is 11.6. The fraction of sp³-hybridized carbons (Fsp3) is 0.364. The number of nitrogens with two attached hydrogens (primary N) is 1. The second-order valence-corrected chi connectivity index (χ2v) is 6.53. The summed E-state index contributed by atoms with van der Waals surface area (Å²) < 4.78 is 26.6. The van der Waals surface area contributed by atoms with Gasteiger partial charge < -0.3 is 10.5 Å². The fourth-order valence-electron chi connectivity index (χ4n) is 1.26. The van der Waals surface area contributed by atoms with Crippen molar-refractivity contribution in [2.75, 3.05) is 24.3 Å². The van der Waals surface area contributed by atoms with Gasteiger partial charge in [-0.3, -0.25) is 0 Å². The van der Waals surface area contributed by atoms with Gasteiger partial charge in [-0.1, -0.05) is 11.6 Å². The number of esters is 1. The zero-order chi connectivity index (χ0) is 13.8. The molecular formula is C11H14ClNO4S. The molecule has 0 amide bonds. The van der Waals surface area contributed by atoms with Crippen LogP contribution in [0.4, 0.5) is 5.69 Å². The zero-order valence-electron chi connectivity index (χ0n) is 9.85. The van der Waals surface area contributed by atoms with Gasteiger partial charge in [0.2, 0.25) is 0 Å². The average Bonchev–Trinajstić information content (AvgIpc) is 2.22. The van der Waals surface area contributed by atoms with Gasteiger partial charge in [-0.25, -0.2) is 13.2 Å². The number of benzene rings is 1. The summed E-state index contributed by atoms with van der Waals surface area (Å²) in [6, 6.07) is 4.46. The number of sulfone groups is 1. The minimum atomic E-state index is -3.03. The van der Waals surface area contributed by atoms with E-state index < -0.39 is 15.8 Å². The highest BCUT2D eigenvalue weighted by atomic mass is 35.5. The molecule has 100 valence electrons. The molecule has 0 aliphatic heterocycles. The van der Waals surface area contributed by atoms with Gasteiger partial charge in [0, 0.05) is 11.9 Å². The highest BCUT2D eigenvalue weighted by molar-refractivity contribution is 7.90. The third-order valence-electron chi connectivity index (χ3n) is 2.11. The fourth-order valence-corrected chi connectivity index (χ4v) is 2.17. The van der Waals surface area contributed by atoms with Crippen molar-refractivity contribution in [1.82, 2.24) is 0 Å². The monoisotopic (exact) mass is 291 g/mol. The number of ether oxygens (including phenoxy) is 1. The predicted molar refractivity (Wildman–Crippen MR) is 70.5 cm³/mol. The molecule has 0 radical (unpaired) electrons. The molecule has 7 heteroatoms. The normalized spacial score (nSPS) is 11.2. The molecular weight excluding hydrogens is 278 g/mol. The van der Waals surface area contributed by atoms with Crippen molar-refractivity contribution in [2.45, 2.75) is 6.42 Å². The molecule has 0 aliphatic rings. The van der Waals surface area contributed by atoms with E-state index >= 15 is 0 Å². The third-order valence-corrected chi connectivity index (χ3v) is 3.45. The van der Waals surface area contributed by atoms with Crippen LogP contribution >= 0.6 is 11.6 Å². The summed E-state index contributed by atoms with van der Waals surface area (Å²) in [6.07, 6.45) is 1.39. The number of carbonyl (C=O) groups excluding carboxylic acids is 1. The van der Waals surface area contributed by atoms with Gasteiger partial charge in [0.15, 0.2) is 0 Å². The van der Waals surface area contributed by atoms with Crippen LogP contribution in [0.2, 0.25) is 5.02 Å². The average molecular weight is 292 g/mol. The molecule has 0 fully saturated rings. The third kappa shape index (κ3) is 4.93. The lowest BCUT2D eigenvalue weighted by Gasteiger charge is -2.06. The summed E-state index contributed by atoms with van der Waals surface area (Å²) in [7, 11) is -3.03. The van der Waals surface area contributed by atoms with Crippen LogP contribution in [0.15, 0.2) is 18.2 Å². The largest absolute Gasteiger partial charge is 0.462 e. The van der Waals surface area contributed by atoms with E-state index in [1.54, 1.807) is 6.07 Å².